The molecule has 270 valence electrons. The van der Waals surface area contributed by atoms with Crippen molar-refractivity contribution in [2.75, 3.05) is 0 Å². The first-order valence-corrected chi connectivity index (χ1v) is 19.4. The fourth-order valence-electron chi connectivity index (χ4n) is 8.42. The molecule has 4 heterocycles. The third kappa shape index (κ3) is 5.04. The Bertz CT molecular complexity index is 3560. The van der Waals surface area contributed by atoms with Crippen LogP contribution in [0.3, 0.4) is 0 Å². The van der Waals surface area contributed by atoms with E-state index < -0.39 is 0 Å². The minimum atomic E-state index is 0.602. The van der Waals surface area contributed by atoms with Crippen LogP contribution in [0.25, 0.3) is 111 Å². The lowest BCUT2D eigenvalue weighted by Crippen LogP contribution is -2.06. The van der Waals surface area contributed by atoms with Crippen LogP contribution < -0.4 is 0 Å². The second-order valence-electron chi connectivity index (χ2n) is 14.5. The van der Waals surface area contributed by atoms with E-state index in [4.69, 9.17) is 24.9 Å². The predicted molar refractivity (Wildman–Crippen MR) is 235 cm³/mol. The summed E-state index contributed by atoms with van der Waals surface area (Å²) >= 11 is 0. The second kappa shape index (κ2) is 12.8. The van der Waals surface area contributed by atoms with E-state index in [0.29, 0.717) is 17.5 Å². The van der Waals surface area contributed by atoms with Crippen molar-refractivity contribution in [3.63, 3.8) is 0 Å². The maximum absolute atomic E-state index is 5.34. The van der Waals surface area contributed by atoms with Crippen LogP contribution in [0.15, 0.2) is 188 Å². The van der Waals surface area contributed by atoms with E-state index >= 15 is 0 Å². The fourth-order valence-corrected chi connectivity index (χ4v) is 8.42. The molecule has 0 aliphatic heterocycles. The van der Waals surface area contributed by atoms with Gasteiger partial charge in [0.1, 0.15) is 5.65 Å². The quantitative estimate of drug-likeness (QED) is 0.176. The lowest BCUT2D eigenvalue weighted by atomic mass is 10.0. The molecule has 0 amide bonds. The van der Waals surface area contributed by atoms with Gasteiger partial charge in [0.2, 0.25) is 5.95 Å². The molecule has 0 fully saturated rings. The van der Waals surface area contributed by atoms with Gasteiger partial charge in [-0.15, -0.1) is 0 Å². The van der Waals surface area contributed by atoms with Crippen LogP contribution in [0.4, 0.5) is 0 Å². The second-order valence-corrected chi connectivity index (χ2v) is 14.5. The fraction of sp³-hybridized carbons (Fsp3) is 0. The standard InChI is InChI=1S/C51H31N7/c1-2-13-32(14-3-1)33-25-27-35(28-26-33)47-54-48(56-49(55-47)39-20-12-16-34-15-4-5-17-37(34)39)36-29-30-45-41(31-36)38-18-7-10-23-44(38)57(45)51-53-42-21-8-6-19-40(42)50-52-43-22-9-11-24-46(43)58(50)51/h1-31H. The molecule has 4 aromatic heterocycles. The average molecular weight is 742 g/mol. The zero-order valence-electron chi connectivity index (χ0n) is 31.0. The van der Waals surface area contributed by atoms with Gasteiger partial charge in [-0.05, 0) is 70.4 Å². The molecule has 0 radical (unpaired) electrons. The Hall–Kier alpha value is -8.03. The molecule has 12 aromatic rings. The molecule has 7 nitrogen and oxygen atoms in total. The summed E-state index contributed by atoms with van der Waals surface area (Å²) in [6, 6.07) is 65.0. The minimum absolute atomic E-state index is 0.602. The van der Waals surface area contributed by atoms with E-state index in [2.05, 4.69) is 173 Å². The highest BCUT2D eigenvalue weighted by molar-refractivity contribution is 6.10. The smallest absolute Gasteiger partial charge is 0.221 e. The highest BCUT2D eigenvalue weighted by atomic mass is 15.2. The summed E-state index contributed by atoms with van der Waals surface area (Å²) in [4.78, 5) is 26.0. The van der Waals surface area contributed by atoms with Crippen LogP contribution in [0, 0.1) is 0 Å². The van der Waals surface area contributed by atoms with E-state index in [9.17, 15) is 0 Å². The molecular formula is C51H31N7. The van der Waals surface area contributed by atoms with Gasteiger partial charge >= 0.3 is 0 Å². The van der Waals surface area contributed by atoms with Gasteiger partial charge in [0.25, 0.3) is 0 Å². The number of para-hydroxylation sites is 4. The van der Waals surface area contributed by atoms with Crippen molar-refractivity contribution >= 4 is 60.2 Å². The Kier molecular flexibility index (Phi) is 7.09. The summed E-state index contributed by atoms with van der Waals surface area (Å²) in [5.74, 6) is 2.62. The molecule has 0 saturated carbocycles. The molecule has 0 N–H and O–H groups in total. The molecule has 0 saturated heterocycles. The molecular weight excluding hydrogens is 711 g/mol. The third-order valence-electron chi connectivity index (χ3n) is 11.2. The van der Waals surface area contributed by atoms with Crippen molar-refractivity contribution < 1.29 is 0 Å². The van der Waals surface area contributed by atoms with E-state index in [-0.39, 0.29) is 0 Å². The maximum atomic E-state index is 5.34. The zero-order chi connectivity index (χ0) is 38.2. The molecule has 12 rings (SSSR count). The number of hydrogen-bond donors (Lipinski definition) is 0. The number of benzene rings is 8. The summed E-state index contributed by atoms with van der Waals surface area (Å²) < 4.78 is 4.45. The van der Waals surface area contributed by atoms with Crippen LogP contribution in [0.1, 0.15) is 0 Å². The third-order valence-corrected chi connectivity index (χ3v) is 11.2. The van der Waals surface area contributed by atoms with Crippen LogP contribution in [0.5, 0.6) is 0 Å². The van der Waals surface area contributed by atoms with Crippen molar-refractivity contribution in [3.05, 3.63) is 188 Å². The topological polar surface area (TPSA) is 73.8 Å². The minimum Gasteiger partial charge on any atom is -0.279 e. The van der Waals surface area contributed by atoms with Crippen LogP contribution in [-0.2, 0) is 0 Å². The lowest BCUT2D eigenvalue weighted by molar-refractivity contribution is 0.979. The van der Waals surface area contributed by atoms with Crippen molar-refractivity contribution in [1.29, 1.82) is 0 Å². The van der Waals surface area contributed by atoms with Gasteiger partial charge in [-0.25, -0.2) is 24.9 Å². The van der Waals surface area contributed by atoms with Gasteiger partial charge in [0.05, 0.1) is 27.6 Å². The van der Waals surface area contributed by atoms with Crippen LogP contribution >= 0.6 is 0 Å². The van der Waals surface area contributed by atoms with Gasteiger partial charge < -0.3 is 0 Å². The largest absolute Gasteiger partial charge is 0.279 e. The monoisotopic (exact) mass is 741 g/mol. The molecule has 0 atom stereocenters. The Morgan fingerprint density at radius 1 is 0.328 bits per heavy atom. The first kappa shape index (κ1) is 32.2. The van der Waals surface area contributed by atoms with E-state index in [0.717, 1.165) is 93.9 Å². The first-order valence-electron chi connectivity index (χ1n) is 19.4. The zero-order valence-corrected chi connectivity index (χ0v) is 31.0. The van der Waals surface area contributed by atoms with Crippen molar-refractivity contribution in [1.82, 2.24) is 33.9 Å². The summed E-state index contributed by atoms with van der Waals surface area (Å²) in [6.45, 7) is 0. The summed E-state index contributed by atoms with van der Waals surface area (Å²) in [7, 11) is 0. The Morgan fingerprint density at radius 2 is 0.914 bits per heavy atom. The highest BCUT2D eigenvalue weighted by Crippen LogP contribution is 2.37. The molecule has 7 heteroatoms. The van der Waals surface area contributed by atoms with Gasteiger partial charge in [-0.3, -0.25) is 8.97 Å². The summed E-state index contributed by atoms with van der Waals surface area (Å²) in [5, 5.41) is 5.40. The molecule has 0 aliphatic carbocycles. The lowest BCUT2D eigenvalue weighted by Gasteiger charge is -2.13. The predicted octanol–water partition coefficient (Wildman–Crippen LogP) is 12.1. The van der Waals surface area contributed by atoms with E-state index in [1.807, 2.05) is 24.3 Å². The molecule has 0 unspecified atom stereocenters. The molecule has 0 spiro atoms. The van der Waals surface area contributed by atoms with Crippen molar-refractivity contribution in [3.8, 4) is 51.2 Å². The SMILES string of the molecule is c1ccc(-c2ccc(-c3nc(-c4ccc5c(c4)c4ccccc4n5-c4nc5ccccc5c5nc6ccccc6n45)nc(-c4cccc5ccccc45)n3)cc2)cc1. The van der Waals surface area contributed by atoms with Crippen molar-refractivity contribution in [2.45, 2.75) is 0 Å². The number of nitrogens with zero attached hydrogens (tertiary/aromatic N) is 7. The van der Waals surface area contributed by atoms with Crippen LogP contribution in [0.2, 0.25) is 0 Å². The van der Waals surface area contributed by atoms with Crippen molar-refractivity contribution in [2.24, 2.45) is 0 Å². The van der Waals surface area contributed by atoms with Crippen LogP contribution in [-0.4, -0.2) is 33.9 Å². The van der Waals surface area contributed by atoms with E-state index in [1.54, 1.807) is 0 Å². The molecule has 0 bridgehead atoms. The first-order chi connectivity index (χ1) is 28.7. The number of rotatable bonds is 5. The van der Waals surface area contributed by atoms with Gasteiger partial charge in [0, 0.05) is 32.8 Å². The number of imidazole rings is 1. The molecule has 0 aliphatic rings. The van der Waals surface area contributed by atoms with Gasteiger partial charge in [0.15, 0.2) is 17.5 Å². The average Bonchev–Trinajstić information content (AvgIpc) is 3.85. The Labute approximate surface area is 332 Å². The molecule has 8 aromatic carbocycles. The highest BCUT2D eigenvalue weighted by Gasteiger charge is 2.21. The number of hydrogen-bond acceptors (Lipinski definition) is 5. The Morgan fingerprint density at radius 3 is 1.76 bits per heavy atom. The normalized spacial score (nSPS) is 11.8. The number of aromatic nitrogens is 7. The summed E-state index contributed by atoms with van der Waals surface area (Å²) in [5.41, 5.74) is 10.8. The van der Waals surface area contributed by atoms with Gasteiger partial charge in [-0.2, -0.15) is 0 Å². The summed E-state index contributed by atoms with van der Waals surface area (Å²) in [6.07, 6.45) is 0. The number of fused-ring (bicyclic) bond motifs is 9. The van der Waals surface area contributed by atoms with Gasteiger partial charge in [-0.1, -0.05) is 140 Å². The Balaban J connectivity index is 1.08. The maximum Gasteiger partial charge on any atom is 0.221 e. The van der Waals surface area contributed by atoms with E-state index in [1.165, 1.54) is 0 Å². The molecule has 58 heavy (non-hydrogen) atoms.